The van der Waals surface area contributed by atoms with E-state index in [0.29, 0.717) is 16.5 Å². The number of carbonyl (C=O) groups is 2. The van der Waals surface area contributed by atoms with E-state index in [1.54, 1.807) is 24.3 Å². The van der Waals surface area contributed by atoms with Gasteiger partial charge in [0.05, 0.1) is 14.2 Å². The van der Waals surface area contributed by atoms with Gasteiger partial charge in [0.15, 0.2) is 16.9 Å². The van der Waals surface area contributed by atoms with Crippen molar-refractivity contribution >= 4 is 23.5 Å². The van der Waals surface area contributed by atoms with Gasteiger partial charge in [-0.15, -0.1) is 0 Å². The number of hydrogen-bond acceptors (Lipinski definition) is 6. The highest BCUT2D eigenvalue weighted by Crippen LogP contribution is 2.55. The summed E-state index contributed by atoms with van der Waals surface area (Å²) < 4.78 is 21.0. The van der Waals surface area contributed by atoms with Crippen molar-refractivity contribution in [2.75, 3.05) is 21.0 Å². The largest absolute Gasteiger partial charge is 0.468 e. The minimum absolute atomic E-state index is 0.142. The molecule has 1 aliphatic heterocycles. The van der Waals surface area contributed by atoms with E-state index in [1.165, 1.54) is 14.2 Å². The lowest BCUT2D eigenvalue weighted by atomic mass is 9.72. The third kappa shape index (κ3) is 2.55. The summed E-state index contributed by atoms with van der Waals surface area (Å²) in [5.74, 6) is -0.716. The van der Waals surface area contributed by atoms with Crippen molar-refractivity contribution in [1.82, 2.24) is 0 Å². The molecular formula is C20H17ClO6. The molecule has 0 N–H and O–H groups in total. The van der Waals surface area contributed by atoms with Crippen LogP contribution < -0.4 is 9.47 Å². The van der Waals surface area contributed by atoms with Gasteiger partial charge < -0.3 is 18.9 Å². The first-order valence-electron chi connectivity index (χ1n) is 8.36. The minimum atomic E-state index is -1.53. The molecule has 0 fully saturated rings. The molecule has 2 aliphatic rings. The summed E-state index contributed by atoms with van der Waals surface area (Å²) in [4.78, 5) is 25.8. The summed E-state index contributed by atoms with van der Waals surface area (Å²) in [7, 11) is 2.53. The maximum Gasteiger partial charge on any atom is 0.324 e. The number of halogens is 1. The molecule has 4 rings (SSSR count). The third-order valence-electron chi connectivity index (χ3n) is 5.21. The number of benzene rings is 2. The fourth-order valence-corrected chi connectivity index (χ4v) is 4.16. The second-order valence-electron chi connectivity index (χ2n) is 6.52. The van der Waals surface area contributed by atoms with Crippen LogP contribution in [0.2, 0.25) is 5.02 Å². The lowest BCUT2D eigenvalue weighted by molar-refractivity contribution is -0.169. The van der Waals surface area contributed by atoms with E-state index in [2.05, 4.69) is 0 Å². The van der Waals surface area contributed by atoms with Gasteiger partial charge in [-0.1, -0.05) is 23.7 Å². The van der Waals surface area contributed by atoms with Gasteiger partial charge in [-0.25, -0.2) is 0 Å². The van der Waals surface area contributed by atoms with Crippen molar-refractivity contribution < 1.29 is 28.5 Å². The molecule has 2 aromatic carbocycles. The van der Waals surface area contributed by atoms with E-state index in [0.717, 1.165) is 16.7 Å². The summed E-state index contributed by atoms with van der Waals surface area (Å²) in [6.45, 7) is 0.142. The number of rotatable bonds is 3. The average Bonchev–Trinajstić information content (AvgIpc) is 3.27. The Morgan fingerprint density at radius 1 is 1.04 bits per heavy atom. The van der Waals surface area contributed by atoms with Crippen molar-refractivity contribution in [2.45, 2.75) is 12.3 Å². The van der Waals surface area contributed by atoms with Gasteiger partial charge in [-0.3, -0.25) is 9.59 Å². The molecule has 1 unspecified atom stereocenters. The molecule has 0 bridgehead atoms. The zero-order valence-corrected chi connectivity index (χ0v) is 15.5. The topological polar surface area (TPSA) is 71.1 Å². The molecule has 0 radical (unpaired) electrons. The maximum atomic E-state index is 12.9. The molecule has 7 heteroatoms. The van der Waals surface area contributed by atoms with Crippen LogP contribution in [-0.4, -0.2) is 33.0 Å². The molecule has 0 aromatic heterocycles. The smallest absolute Gasteiger partial charge is 0.324 e. The lowest BCUT2D eigenvalue weighted by Crippen LogP contribution is -2.45. The number of fused-ring (bicyclic) bond motifs is 2. The Labute approximate surface area is 160 Å². The second kappa shape index (κ2) is 6.46. The van der Waals surface area contributed by atoms with Gasteiger partial charge in [0.1, 0.15) is 0 Å². The van der Waals surface area contributed by atoms with Crippen LogP contribution in [0.3, 0.4) is 0 Å². The highest BCUT2D eigenvalue weighted by Gasteiger charge is 2.60. The Kier molecular flexibility index (Phi) is 4.23. The number of carbonyl (C=O) groups excluding carboxylic acids is 2. The van der Waals surface area contributed by atoms with Crippen LogP contribution in [0, 0.1) is 5.41 Å². The van der Waals surface area contributed by atoms with Crippen LogP contribution in [0.1, 0.15) is 22.6 Å². The molecule has 1 heterocycles. The summed E-state index contributed by atoms with van der Waals surface area (Å²) in [5.41, 5.74) is 0.842. The monoisotopic (exact) mass is 388 g/mol. The van der Waals surface area contributed by atoms with Gasteiger partial charge >= 0.3 is 11.9 Å². The molecular weight excluding hydrogens is 372 g/mol. The van der Waals surface area contributed by atoms with Crippen LogP contribution in [-0.2, 0) is 25.5 Å². The number of methoxy groups -OCH3 is 2. The highest BCUT2D eigenvalue weighted by atomic mass is 35.5. The molecule has 0 saturated heterocycles. The van der Waals surface area contributed by atoms with Crippen molar-refractivity contribution in [1.29, 1.82) is 0 Å². The molecule has 1 aliphatic carbocycles. The first-order valence-corrected chi connectivity index (χ1v) is 8.73. The quantitative estimate of drug-likeness (QED) is 0.594. The van der Waals surface area contributed by atoms with Gasteiger partial charge in [0, 0.05) is 17.4 Å². The van der Waals surface area contributed by atoms with Crippen molar-refractivity contribution in [3.05, 3.63) is 58.1 Å². The first kappa shape index (κ1) is 17.7. The number of ether oxygens (including phenoxy) is 4. The summed E-state index contributed by atoms with van der Waals surface area (Å²) >= 11 is 6.03. The number of hydrogen-bond donors (Lipinski definition) is 0. The van der Waals surface area contributed by atoms with Gasteiger partial charge in [-0.2, -0.15) is 0 Å². The Morgan fingerprint density at radius 2 is 1.63 bits per heavy atom. The van der Waals surface area contributed by atoms with Crippen LogP contribution in [0.5, 0.6) is 11.5 Å². The lowest BCUT2D eigenvalue weighted by Gasteiger charge is -2.30. The molecule has 6 nitrogen and oxygen atoms in total. The molecule has 140 valence electrons. The first-order chi connectivity index (χ1) is 13.0. The van der Waals surface area contributed by atoms with E-state index >= 15 is 0 Å². The minimum Gasteiger partial charge on any atom is -0.468 e. The van der Waals surface area contributed by atoms with E-state index in [4.69, 9.17) is 30.5 Å². The Morgan fingerprint density at radius 3 is 2.22 bits per heavy atom. The standard InChI is InChI=1S/C20H17ClO6/c1-24-18(22)20(19(23)25-2)9-12-7-15-16(27-10-26-15)8-14(12)17(20)11-3-5-13(21)6-4-11/h3-8,17H,9-10H2,1-2H3. The normalized spacial score (nSPS) is 18.7. The van der Waals surface area contributed by atoms with Gasteiger partial charge in [0.2, 0.25) is 6.79 Å². The zero-order chi connectivity index (χ0) is 19.2. The summed E-state index contributed by atoms with van der Waals surface area (Å²) in [6, 6.07) is 10.7. The van der Waals surface area contributed by atoms with Crippen LogP contribution in [0.4, 0.5) is 0 Å². The summed E-state index contributed by atoms with van der Waals surface area (Å²) in [5, 5.41) is 0.560. The Hall–Kier alpha value is -2.73. The van der Waals surface area contributed by atoms with E-state index < -0.39 is 23.3 Å². The van der Waals surface area contributed by atoms with Gasteiger partial charge in [-0.05, 0) is 41.0 Å². The number of esters is 2. The highest BCUT2D eigenvalue weighted by molar-refractivity contribution is 6.30. The molecule has 0 amide bonds. The van der Waals surface area contributed by atoms with Crippen LogP contribution in [0.25, 0.3) is 0 Å². The van der Waals surface area contributed by atoms with Crippen molar-refractivity contribution in [2.24, 2.45) is 5.41 Å². The molecule has 0 saturated carbocycles. The fraction of sp³-hybridized carbons (Fsp3) is 0.300. The fourth-order valence-electron chi connectivity index (χ4n) is 4.04. The Balaban J connectivity index is 1.96. The van der Waals surface area contributed by atoms with E-state index in [1.807, 2.05) is 12.1 Å². The van der Waals surface area contributed by atoms with Crippen molar-refractivity contribution in [3.63, 3.8) is 0 Å². The van der Waals surface area contributed by atoms with Crippen molar-refractivity contribution in [3.8, 4) is 11.5 Å². The third-order valence-corrected chi connectivity index (χ3v) is 5.46. The van der Waals surface area contributed by atoms with Crippen LogP contribution >= 0.6 is 11.6 Å². The zero-order valence-electron chi connectivity index (χ0n) is 14.8. The van der Waals surface area contributed by atoms with Gasteiger partial charge in [0.25, 0.3) is 0 Å². The summed E-state index contributed by atoms with van der Waals surface area (Å²) in [6.07, 6.45) is 0.144. The predicted molar refractivity (Wildman–Crippen MR) is 96.0 cm³/mol. The average molecular weight is 389 g/mol. The Bertz CT molecular complexity index is 905. The SMILES string of the molecule is COC(=O)C1(C(=O)OC)Cc2cc3c(cc2C1c1ccc(Cl)cc1)OCO3. The maximum absolute atomic E-state index is 12.9. The van der Waals surface area contributed by atoms with E-state index in [9.17, 15) is 9.59 Å². The second-order valence-corrected chi connectivity index (χ2v) is 6.96. The molecule has 2 aromatic rings. The molecule has 27 heavy (non-hydrogen) atoms. The predicted octanol–water partition coefficient (Wildman–Crippen LogP) is 3.09. The molecule has 0 spiro atoms. The van der Waals surface area contributed by atoms with E-state index in [-0.39, 0.29) is 13.2 Å². The van der Waals surface area contributed by atoms with Crippen LogP contribution in [0.15, 0.2) is 36.4 Å². The molecule has 1 atom stereocenters.